The number of thiophene rings is 1. The Morgan fingerprint density at radius 2 is 2.16 bits per heavy atom. The summed E-state index contributed by atoms with van der Waals surface area (Å²) in [5, 5.41) is 15.7. The minimum Gasteiger partial charge on any atom is -0.397 e. The Kier molecular flexibility index (Phi) is 3.87. The van der Waals surface area contributed by atoms with Gasteiger partial charge in [0, 0.05) is 28.7 Å². The molecule has 8 heteroatoms. The minimum atomic E-state index is 0.369. The van der Waals surface area contributed by atoms with Crippen LogP contribution in [0.4, 0.5) is 17.3 Å². The van der Waals surface area contributed by atoms with Crippen molar-refractivity contribution in [2.45, 2.75) is 25.4 Å². The maximum atomic E-state index is 8.85. The molecule has 1 aliphatic rings. The maximum Gasteiger partial charge on any atom is 0.224 e. The largest absolute Gasteiger partial charge is 0.397 e. The van der Waals surface area contributed by atoms with Crippen LogP contribution < -0.4 is 22.1 Å². The highest BCUT2D eigenvalue weighted by molar-refractivity contribution is 7.19. The fourth-order valence-electron chi connectivity index (χ4n) is 2.71. The number of nitrogen functional groups attached to an aromatic ring is 1. The van der Waals surface area contributed by atoms with Gasteiger partial charge in [0.2, 0.25) is 5.95 Å². The number of nitrogens with zero attached hydrogens (tertiary/aromatic N) is 3. The Balaban J connectivity index is 1.91. The van der Waals surface area contributed by atoms with Crippen molar-refractivity contribution < 1.29 is 0 Å². The van der Waals surface area contributed by atoms with Crippen LogP contribution in [0.15, 0.2) is 24.3 Å². The van der Waals surface area contributed by atoms with Crippen molar-refractivity contribution in [3.05, 3.63) is 29.1 Å². The van der Waals surface area contributed by atoms with Gasteiger partial charge in [0.1, 0.15) is 4.83 Å². The molecule has 2 heterocycles. The van der Waals surface area contributed by atoms with Crippen LogP contribution in [0, 0.1) is 11.5 Å². The third-order valence-electron chi connectivity index (χ3n) is 4.10. The van der Waals surface area contributed by atoms with Crippen molar-refractivity contribution in [3.63, 3.8) is 0 Å². The van der Waals surface area contributed by atoms with Gasteiger partial charge in [-0.1, -0.05) is 12.1 Å². The molecule has 126 valence electrons. The molecule has 0 unspecified atom stereocenters. The van der Waals surface area contributed by atoms with Crippen molar-refractivity contribution in [3.8, 4) is 17.5 Å². The molecular formula is C17H17N7S. The van der Waals surface area contributed by atoms with Crippen LogP contribution >= 0.6 is 11.3 Å². The Hall–Kier alpha value is -2.89. The van der Waals surface area contributed by atoms with Crippen LogP contribution in [-0.2, 0) is 6.54 Å². The van der Waals surface area contributed by atoms with Crippen molar-refractivity contribution in [2.75, 3.05) is 16.4 Å². The monoisotopic (exact) mass is 351 g/mol. The first-order valence-electron chi connectivity index (χ1n) is 8.00. The van der Waals surface area contributed by atoms with E-state index >= 15 is 0 Å². The minimum absolute atomic E-state index is 0.369. The van der Waals surface area contributed by atoms with Crippen molar-refractivity contribution >= 4 is 38.9 Å². The standard InChI is InChI=1S/C17H17N7S/c18-7-12-14(20)13-15(9-2-1-3-11(6-9)21-8-19)23-17(22-10-4-5-10)24-16(13)25-12/h1-3,6,10,21H,4-5,7,18,20H2,(H,22,23,24). The topological polar surface area (TPSA) is 126 Å². The lowest BCUT2D eigenvalue weighted by molar-refractivity contribution is 1.08. The number of rotatable bonds is 5. The number of hydrogen-bond donors (Lipinski definition) is 4. The van der Waals surface area contributed by atoms with E-state index in [2.05, 4.69) is 15.6 Å². The quantitative estimate of drug-likeness (QED) is 0.411. The maximum absolute atomic E-state index is 8.85. The summed E-state index contributed by atoms with van der Waals surface area (Å²) in [6, 6.07) is 7.98. The van der Waals surface area contributed by atoms with Crippen molar-refractivity contribution in [1.82, 2.24) is 9.97 Å². The lowest BCUT2D eigenvalue weighted by Gasteiger charge is -2.09. The van der Waals surface area contributed by atoms with Gasteiger partial charge in [0.05, 0.1) is 16.8 Å². The van der Waals surface area contributed by atoms with E-state index in [0.29, 0.717) is 29.9 Å². The highest BCUT2D eigenvalue weighted by Crippen LogP contribution is 2.39. The molecule has 3 aromatic rings. The Labute approximate surface area is 148 Å². The molecule has 2 aromatic heterocycles. The average molecular weight is 351 g/mol. The molecule has 0 amide bonds. The van der Waals surface area contributed by atoms with Crippen LogP contribution in [0.5, 0.6) is 0 Å². The highest BCUT2D eigenvalue weighted by atomic mass is 32.1. The predicted octanol–water partition coefficient (Wildman–Crippen LogP) is 2.87. The second-order valence-electron chi connectivity index (χ2n) is 5.96. The number of nitriles is 1. The fraction of sp³-hybridized carbons (Fsp3) is 0.235. The second-order valence-corrected chi connectivity index (χ2v) is 7.04. The van der Waals surface area contributed by atoms with Gasteiger partial charge < -0.3 is 16.8 Å². The van der Waals surface area contributed by atoms with Crippen LogP contribution in [0.2, 0.25) is 0 Å². The molecule has 0 atom stereocenters. The number of nitrogens with two attached hydrogens (primary N) is 2. The first-order chi connectivity index (χ1) is 12.2. The van der Waals surface area contributed by atoms with E-state index in [0.717, 1.165) is 39.2 Å². The average Bonchev–Trinajstić information content (AvgIpc) is 3.37. The van der Waals surface area contributed by atoms with E-state index in [9.17, 15) is 0 Å². The lowest BCUT2D eigenvalue weighted by Crippen LogP contribution is -2.06. The van der Waals surface area contributed by atoms with Gasteiger partial charge in [-0.15, -0.1) is 11.3 Å². The summed E-state index contributed by atoms with van der Waals surface area (Å²) < 4.78 is 0. The molecule has 0 spiro atoms. The molecule has 1 aromatic carbocycles. The van der Waals surface area contributed by atoms with E-state index in [-0.39, 0.29) is 0 Å². The Morgan fingerprint density at radius 1 is 1.32 bits per heavy atom. The fourth-order valence-corrected chi connectivity index (χ4v) is 3.68. The zero-order valence-electron chi connectivity index (χ0n) is 13.4. The number of nitrogens with one attached hydrogen (secondary N) is 2. The molecule has 0 radical (unpaired) electrons. The van der Waals surface area contributed by atoms with Crippen LogP contribution in [-0.4, -0.2) is 16.0 Å². The molecule has 1 fully saturated rings. The zero-order valence-corrected chi connectivity index (χ0v) is 14.2. The van der Waals surface area contributed by atoms with Gasteiger partial charge >= 0.3 is 0 Å². The summed E-state index contributed by atoms with van der Waals surface area (Å²) in [6.07, 6.45) is 4.21. The highest BCUT2D eigenvalue weighted by Gasteiger charge is 2.24. The van der Waals surface area contributed by atoms with Crippen LogP contribution in [0.25, 0.3) is 21.5 Å². The van der Waals surface area contributed by atoms with Gasteiger partial charge in [-0.3, -0.25) is 5.32 Å². The summed E-state index contributed by atoms with van der Waals surface area (Å²) in [5.41, 5.74) is 15.1. The third-order valence-corrected chi connectivity index (χ3v) is 5.22. The SMILES string of the molecule is N#CNc1cccc(-c2nc(NC3CC3)nc3sc(CN)c(N)c23)c1. The first-order valence-corrected chi connectivity index (χ1v) is 8.82. The number of hydrogen-bond acceptors (Lipinski definition) is 8. The van der Waals surface area contributed by atoms with Crippen molar-refractivity contribution in [1.29, 1.82) is 5.26 Å². The Bertz CT molecular complexity index is 985. The summed E-state index contributed by atoms with van der Waals surface area (Å²) >= 11 is 1.50. The van der Waals surface area contributed by atoms with E-state index in [4.69, 9.17) is 21.7 Å². The molecule has 1 aliphatic carbocycles. The molecule has 0 saturated heterocycles. The molecule has 1 saturated carbocycles. The predicted molar refractivity (Wildman–Crippen MR) is 101 cm³/mol. The van der Waals surface area contributed by atoms with Crippen molar-refractivity contribution in [2.24, 2.45) is 5.73 Å². The second kappa shape index (κ2) is 6.20. The molecule has 25 heavy (non-hydrogen) atoms. The van der Waals surface area contributed by atoms with Gasteiger partial charge in [-0.05, 0) is 25.0 Å². The van der Waals surface area contributed by atoms with Gasteiger partial charge in [-0.2, -0.15) is 5.26 Å². The molecule has 0 bridgehead atoms. The van der Waals surface area contributed by atoms with Crippen LogP contribution in [0.1, 0.15) is 17.7 Å². The number of aromatic nitrogens is 2. The number of benzene rings is 1. The van der Waals surface area contributed by atoms with E-state index < -0.39 is 0 Å². The van der Waals surface area contributed by atoms with Crippen LogP contribution in [0.3, 0.4) is 0 Å². The number of fused-ring (bicyclic) bond motifs is 1. The summed E-state index contributed by atoms with van der Waals surface area (Å²) in [4.78, 5) is 11.1. The van der Waals surface area contributed by atoms with Gasteiger partial charge in [0.15, 0.2) is 6.19 Å². The van der Waals surface area contributed by atoms with Gasteiger partial charge in [-0.25, -0.2) is 9.97 Å². The number of anilines is 3. The Morgan fingerprint density at radius 3 is 2.88 bits per heavy atom. The summed E-state index contributed by atoms with van der Waals surface area (Å²) in [5.74, 6) is 0.605. The molecule has 0 aliphatic heterocycles. The summed E-state index contributed by atoms with van der Waals surface area (Å²) in [7, 11) is 0. The zero-order chi connectivity index (χ0) is 17.4. The lowest BCUT2D eigenvalue weighted by atomic mass is 10.1. The molecule has 6 N–H and O–H groups in total. The van der Waals surface area contributed by atoms with E-state index in [1.54, 1.807) is 0 Å². The normalized spacial score (nSPS) is 13.6. The first kappa shape index (κ1) is 15.6. The molecule has 4 rings (SSSR count). The smallest absolute Gasteiger partial charge is 0.224 e. The van der Waals surface area contributed by atoms with Gasteiger partial charge in [0.25, 0.3) is 0 Å². The van der Waals surface area contributed by atoms with E-state index in [1.165, 1.54) is 11.3 Å². The third kappa shape index (κ3) is 2.95. The molecular weight excluding hydrogens is 334 g/mol. The molecule has 7 nitrogen and oxygen atoms in total. The summed E-state index contributed by atoms with van der Waals surface area (Å²) in [6.45, 7) is 0.369. The van der Waals surface area contributed by atoms with E-state index in [1.807, 2.05) is 30.5 Å².